The number of carbonyl (C=O) groups excluding carboxylic acids is 1. The number of hydrogen-bond donors (Lipinski definition) is 1. The summed E-state index contributed by atoms with van der Waals surface area (Å²) in [7, 11) is 0. The predicted molar refractivity (Wildman–Crippen MR) is 102 cm³/mol. The normalized spacial score (nSPS) is 10.9. The number of fused-ring (bicyclic) bond motifs is 1. The van der Waals surface area contributed by atoms with Crippen LogP contribution in [-0.2, 0) is 17.1 Å². The molecule has 6 heteroatoms. The van der Waals surface area contributed by atoms with Gasteiger partial charge in [0.2, 0.25) is 5.91 Å². The quantitative estimate of drug-likeness (QED) is 0.700. The molecule has 0 aliphatic rings. The molecule has 2 aromatic carbocycles. The standard InChI is InChI=1S/C18H18ClN3OS/c1-24-12-13-5-4-6-14(11-13)20-17(23)9-10-22-16-8-3-2-7-15(16)18(19)21-22/h2-8,11H,9-10,12H2,1H3,(H,20,23). The van der Waals surface area contributed by atoms with Crippen LogP contribution in [0.4, 0.5) is 5.69 Å². The van der Waals surface area contributed by atoms with Crippen molar-refractivity contribution in [1.82, 2.24) is 9.78 Å². The summed E-state index contributed by atoms with van der Waals surface area (Å²) in [6.45, 7) is 0.490. The van der Waals surface area contributed by atoms with E-state index in [4.69, 9.17) is 11.6 Å². The zero-order valence-corrected chi connectivity index (χ0v) is 14.9. The summed E-state index contributed by atoms with van der Waals surface area (Å²) in [6, 6.07) is 15.7. The fourth-order valence-electron chi connectivity index (χ4n) is 2.59. The van der Waals surface area contributed by atoms with Gasteiger partial charge in [0.05, 0.1) is 12.1 Å². The minimum absolute atomic E-state index is 0.0352. The first kappa shape index (κ1) is 16.9. The van der Waals surface area contributed by atoms with Gasteiger partial charge in [0, 0.05) is 23.2 Å². The molecule has 0 aliphatic carbocycles. The van der Waals surface area contributed by atoms with Crippen LogP contribution in [0.15, 0.2) is 48.5 Å². The summed E-state index contributed by atoms with van der Waals surface area (Å²) in [5.41, 5.74) is 2.97. The van der Waals surface area contributed by atoms with Crippen molar-refractivity contribution in [3.8, 4) is 0 Å². The molecule has 1 amide bonds. The van der Waals surface area contributed by atoms with Crippen LogP contribution in [0.1, 0.15) is 12.0 Å². The second kappa shape index (κ2) is 7.73. The average Bonchev–Trinajstić information content (AvgIpc) is 2.90. The van der Waals surface area contributed by atoms with E-state index in [1.165, 1.54) is 5.56 Å². The van der Waals surface area contributed by atoms with E-state index < -0.39 is 0 Å². The minimum Gasteiger partial charge on any atom is -0.326 e. The molecule has 24 heavy (non-hydrogen) atoms. The van der Waals surface area contributed by atoms with Crippen LogP contribution in [-0.4, -0.2) is 21.9 Å². The van der Waals surface area contributed by atoms with Crippen LogP contribution < -0.4 is 5.32 Å². The fraction of sp³-hybridized carbons (Fsp3) is 0.222. The van der Waals surface area contributed by atoms with Crippen LogP contribution in [0, 0.1) is 0 Å². The summed E-state index contributed by atoms with van der Waals surface area (Å²) in [5.74, 6) is 0.897. The number of halogens is 1. The summed E-state index contributed by atoms with van der Waals surface area (Å²) >= 11 is 7.89. The number of thioether (sulfide) groups is 1. The van der Waals surface area contributed by atoms with E-state index in [0.29, 0.717) is 18.1 Å². The van der Waals surface area contributed by atoms with Gasteiger partial charge in [-0.05, 0) is 36.1 Å². The predicted octanol–water partition coefficient (Wildman–Crippen LogP) is 4.58. The molecule has 0 saturated heterocycles. The number of rotatable bonds is 6. The van der Waals surface area contributed by atoms with E-state index in [-0.39, 0.29) is 5.91 Å². The molecule has 124 valence electrons. The first-order valence-electron chi connectivity index (χ1n) is 7.66. The minimum atomic E-state index is -0.0352. The van der Waals surface area contributed by atoms with Gasteiger partial charge in [-0.3, -0.25) is 9.48 Å². The lowest BCUT2D eigenvalue weighted by atomic mass is 10.2. The van der Waals surface area contributed by atoms with Crippen molar-refractivity contribution in [2.24, 2.45) is 0 Å². The Balaban J connectivity index is 1.64. The number of para-hydroxylation sites is 1. The highest BCUT2D eigenvalue weighted by atomic mass is 35.5. The SMILES string of the molecule is CSCc1cccc(NC(=O)CCn2nc(Cl)c3ccccc32)c1. The number of benzene rings is 2. The lowest BCUT2D eigenvalue weighted by Gasteiger charge is -2.08. The van der Waals surface area contributed by atoms with Crippen molar-refractivity contribution in [2.75, 3.05) is 11.6 Å². The van der Waals surface area contributed by atoms with Gasteiger partial charge in [-0.25, -0.2) is 0 Å². The highest BCUT2D eigenvalue weighted by Gasteiger charge is 2.10. The maximum Gasteiger partial charge on any atom is 0.226 e. The molecule has 1 aromatic heterocycles. The van der Waals surface area contributed by atoms with Gasteiger partial charge >= 0.3 is 0 Å². The van der Waals surface area contributed by atoms with Crippen molar-refractivity contribution < 1.29 is 4.79 Å². The first-order valence-corrected chi connectivity index (χ1v) is 9.43. The van der Waals surface area contributed by atoms with Gasteiger partial charge in [0.25, 0.3) is 0 Å². The molecule has 0 fully saturated rings. The third kappa shape index (κ3) is 3.91. The lowest BCUT2D eigenvalue weighted by Crippen LogP contribution is -2.15. The van der Waals surface area contributed by atoms with Gasteiger partial charge in [-0.1, -0.05) is 35.9 Å². The molecule has 0 radical (unpaired) electrons. The average molecular weight is 360 g/mol. The monoisotopic (exact) mass is 359 g/mol. The number of aromatic nitrogens is 2. The molecule has 1 N–H and O–H groups in total. The first-order chi connectivity index (χ1) is 11.7. The summed E-state index contributed by atoms with van der Waals surface area (Å²) < 4.78 is 1.78. The summed E-state index contributed by atoms with van der Waals surface area (Å²) in [6.07, 6.45) is 2.40. The molecule has 0 atom stereocenters. The van der Waals surface area contributed by atoms with Crippen LogP contribution in [0.5, 0.6) is 0 Å². The molecule has 0 aliphatic heterocycles. The van der Waals surface area contributed by atoms with Crippen molar-refractivity contribution in [3.05, 3.63) is 59.2 Å². The number of carbonyl (C=O) groups is 1. The Morgan fingerprint density at radius 2 is 2.08 bits per heavy atom. The van der Waals surface area contributed by atoms with E-state index in [2.05, 4.69) is 22.7 Å². The van der Waals surface area contributed by atoms with E-state index in [9.17, 15) is 4.79 Å². The number of anilines is 1. The number of nitrogens with one attached hydrogen (secondary N) is 1. The Hall–Kier alpha value is -1.98. The highest BCUT2D eigenvalue weighted by molar-refractivity contribution is 7.97. The van der Waals surface area contributed by atoms with E-state index in [1.54, 1.807) is 16.4 Å². The van der Waals surface area contributed by atoms with Gasteiger partial charge in [-0.15, -0.1) is 0 Å². The third-order valence-electron chi connectivity index (χ3n) is 3.69. The van der Waals surface area contributed by atoms with Gasteiger partial charge in [-0.2, -0.15) is 16.9 Å². The van der Waals surface area contributed by atoms with Crippen LogP contribution in [0.2, 0.25) is 5.15 Å². The van der Waals surface area contributed by atoms with Crippen LogP contribution in [0.3, 0.4) is 0 Å². The molecule has 0 spiro atoms. The third-order valence-corrected chi connectivity index (χ3v) is 4.59. The fourth-order valence-corrected chi connectivity index (χ4v) is 3.36. The molecule has 3 rings (SSSR count). The summed E-state index contributed by atoms with van der Waals surface area (Å²) in [4.78, 5) is 12.2. The maximum atomic E-state index is 12.2. The zero-order chi connectivity index (χ0) is 16.9. The maximum absolute atomic E-state index is 12.2. The van der Waals surface area contributed by atoms with E-state index >= 15 is 0 Å². The van der Waals surface area contributed by atoms with Crippen molar-refractivity contribution in [3.63, 3.8) is 0 Å². The Labute approximate surface area is 150 Å². The largest absolute Gasteiger partial charge is 0.326 e. The topological polar surface area (TPSA) is 46.9 Å². The smallest absolute Gasteiger partial charge is 0.226 e. The molecular weight excluding hydrogens is 342 g/mol. The molecular formula is C18H18ClN3OS. The zero-order valence-electron chi connectivity index (χ0n) is 13.3. The van der Waals surface area contributed by atoms with E-state index in [0.717, 1.165) is 22.3 Å². The molecule has 4 nitrogen and oxygen atoms in total. The molecule has 0 saturated carbocycles. The molecule has 3 aromatic rings. The van der Waals surface area contributed by atoms with Gasteiger partial charge < -0.3 is 5.32 Å². The number of nitrogens with zero attached hydrogens (tertiary/aromatic N) is 2. The number of hydrogen-bond acceptors (Lipinski definition) is 3. The second-order valence-corrected chi connectivity index (χ2v) is 6.69. The Morgan fingerprint density at radius 3 is 2.92 bits per heavy atom. The number of amides is 1. The number of aryl methyl sites for hydroxylation is 1. The Kier molecular flexibility index (Phi) is 5.43. The highest BCUT2D eigenvalue weighted by Crippen LogP contribution is 2.22. The molecule has 0 unspecified atom stereocenters. The second-order valence-electron chi connectivity index (χ2n) is 5.46. The van der Waals surface area contributed by atoms with E-state index in [1.807, 2.05) is 42.5 Å². The Bertz CT molecular complexity index is 862. The van der Waals surface area contributed by atoms with Crippen molar-refractivity contribution in [1.29, 1.82) is 0 Å². The lowest BCUT2D eigenvalue weighted by molar-refractivity contribution is -0.116. The molecule has 1 heterocycles. The van der Waals surface area contributed by atoms with Crippen molar-refractivity contribution >= 4 is 45.9 Å². The molecule has 0 bridgehead atoms. The summed E-state index contributed by atoms with van der Waals surface area (Å²) in [5, 5.41) is 8.63. The van der Waals surface area contributed by atoms with Crippen LogP contribution in [0.25, 0.3) is 10.9 Å². The van der Waals surface area contributed by atoms with Crippen molar-refractivity contribution in [2.45, 2.75) is 18.7 Å². The van der Waals surface area contributed by atoms with Crippen LogP contribution >= 0.6 is 23.4 Å². The van der Waals surface area contributed by atoms with Gasteiger partial charge in [0.15, 0.2) is 5.15 Å². The van der Waals surface area contributed by atoms with Gasteiger partial charge in [0.1, 0.15) is 0 Å². The Morgan fingerprint density at radius 1 is 1.25 bits per heavy atom.